The summed E-state index contributed by atoms with van der Waals surface area (Å²) in [6.07, 6.45) is 14.4. The average molecular weight is 270 g/mol. The van der Waals surface area contributed by atoms with Crippen LogP contribution in [0.3, 0.4) is 0 Å². The number of hydrogen-bond donors (Lipinski definition) is 0. The van der Waals surface area contributed by atoms with Gasteiger partial charge >= 0.3 is 0 Å². The summed E-state index contributed by atoms with van der Waals surface area (Å²) in [6.45, 7) is 1.30. The van der Waals surface area contributed by atoms with Gasteiger partial charge in [-0.05, 0) is 12.2 Å². The smallest absolute Gasteiger partial charge is 0.252 e. The number of Topliss-reactive ketones (excluding diaryl/α,β-unsaturated/α-hetero) is 1. The van der Waals surface area contributed by atoms with Crippen molar-refractivity contribution in [3.63, 3.8) is 0 Å². The zero-order valence-corrected chi connectivity index (χ0v) is 11.2. The first-order valence-corrected chi connectivity index (χ1v) is 6.04. The molecule has 1 aromatic heterocycles. The van der Waals surface area contributed by atoms with Crippen LogP contribution in [0.25, 0.3) is 5.70 Å². The summed E-state index contributed by atoms with van der Waals surface area (Å²) in [5, 5.41) is 4.07. The van der Waals surface area contributed by atoms with Crippen LogP contribution in [0, 0.1) is 0 Å². The second kappa shape index (κ2) is 5.97. The molecule has 0 radical (unpaired) electrons. The minimum atomic E-state index is -0.498. The van der Waals surface area contributed by atoms with Gasteiger partial charge in [0.25, 0.3) is 5.43 Å². The van der Waals surface area contributed by atoms with Crippen molar-refractivity contribution in [2.75, 3.05) is 7.11 Å². The highest BCUT2D eigenvalue weighted by atomic mass is 16.5. The van der Waals surface area contributed by atoms with Gasteiger partial charge in [-0.3, -0.25) is 9.59 Å². The third-order valence-corrected chi connectivity index (χ3v) is 2.68. The monoisotopic (exact) mass is 270 g/mol. The lowest BCUT2D eigenvalue weighted by Gasteiger charge is -2.10. The van der Waals surface area contributed by atoms with Crippen molar-refractivity contribution in [2.24, 2.45) is 0 Å². The number of rotatable bonds is 3. The van der Waals surface area contributed by atoms with Crippen molar-refractivity contribution in [3.05, 3.63) is 64.6 Å². The zero-order valence-electron chi connectivity index (χ0n) is 11.2. The predicted octanol–water partition coefficient (Wildman–Crippen LogP) is 1.98. The van der Waals surface area contributed by atoms with E-state index in [1.54, 1.807) is 0 Å². The number of hydrogen-bond acceptors (Lipinski definition) is 4. The second-order valence-corrected chi connectivity index (χ2v) is 4.10. The summed E-state index contributed by atoms with van der Waals surface area (Å²) in [5.74, 6) is -0.311. The number of nitrogens with zero attached hydrogens (tertiary/aromatic N) is 2. The van der Waals surface area contributed by atoms with Crippen LogP contribution in [0.15, 0.2) is 53.5 Å². The van der Waals surface area contributed by atoms with Gasteiger partial charge < -0.3 is 4.74 Å². The number of methoxy groups -OCH3 is 1. The molecule has 20 heavy (non-hydrogen) atoms. The molecule has 0 bridgehead atoms. The van der Waals surface area contributed by atoms with Gasteiger partial charge in [-0.2, -0.15) is 5.10 Å². The topological polar surface area (TPSA) is 61.2 Å². The molecule has 0 amide bonds. The number of carbonyl (C=O) groups is 1. The van der Waals surface area contributed by atoms with Gasteiger partial charge in [0.1, 0.15) is 0 Å². The minimum Gasteiger partial charge on any atom is -0.491 e. The maximum Gasteiger partial charge on any atom is 0.252 e. The van der Waals surface area contributed by atoms with Crippen LogP contribution in [0.2, 0.25) is 0 Å². The van der Waals surface area contributed by atoms with Gasteiger partial charge in [0.2, 0.25) is 0 Å². The number of carbonyl (C=O) groups excluding carboxylic acids is 1. The molecular weight excluding hydrogens is 256 g/mol. The Hall–Kier alpha value is -2.69. The second-order valence-electron chi connectivity index (χ2n) is 4.10. The Bertz CT molecular complexity index is 706. The van der Waals surface area contributed by atoms with Crippen molar-refractivity contribution >= 4 is 11.5 Å². The molecule has 2 rings (SSSR count). The molecule has 1 aliphatic carbocycles. The fourth-order valence-electron chi connectivity index (χ4n) is 1.69. The molecule has 5 nitrogen and oxygen atoms in total. The maximum absolute atomic E-state index is 11.9. The summed E-state index contributed by atoms with van der Waals surface area (Å²) in [4.78, 5) is 23.4. The molecule has 0 fully saturated rings. The molecule has 0 saturated heterocycles. The molecule has 0 unspecified atom stereocenters. The van der Waals surface area contributed by atoms with E-state index in [9.17, 15) is 9.59 Å². The molecule has 1 aliphatic rings. The van der Waals surface area contributed by atoms with Crippen molar-refractivity contribution < 1.29 is 9.53 Å². The fourth-order valence-corrected chi connectivity index (χ4v) is 1.69. The molecule has 0 N–H and O–H groups in total. The third-order valence-electron chi connectivity index (χ3n) is 2.68. The van der Waals surface area contributed by atoms with Crippen LogP contribution in [-0.4, -0.2) is 22.7 Å². The molecule has 1 heterocycles. The molecule has 0 saturated carbocycles. The van der Waals surface area contributed by atoms with E-state index in [0.29, 0.717) is 5.70 Å². The first-order chi connectivity index (χ1) is 9.63. The number of aromatic nitrogens is 2. The lowest BCUT2D eigenvalue weighted by atomic mass is 10.2. The normalized spacial score (nSPS) is 21.0. The van der Waals surface area contributed by atoms with Crippen molar-refractivity contribution in [2.45, 2.75) is 6.92 Å². The number of ketones is 1. The summed E-state index contributed by atoms with van der Waals surface area (Å²) in [7, 11) is 1.38. The van der Waals surface area contributed by atoms with Crippen molar-refractivity contribution in [1.82, 2.24) is 9.78 Å². The van der Waals surface area contributed by atoms with Crippen LogP contribution in [0.1, 0.15) is 17.4 Å². The van der Waals surface area contributed by atoms with Gasteiger partial charge in [-0.25, -0.2) is 4.68 Å². The summed E-state index contributed by atoms with van der Waals surface area (Å²) < 4.78 is 6.47. The first-order valence-electron chi connectivity index (χ1n) is 6.04. The van der Waals surface area contributed by atoms with Crippen LogP contribution in [0.5, 0.6) is 5.75 Å². The van der Waals surface area contributed by atoms with Crippen molar-refractivity contribution in [1.29, 1.82) is 0 Å². The Kier molecular flexibility index (Phi) is 4.10. The lowest BCUT2D eigenvalue weighted by molar-refractivity contribution is 0.101. The van der Waals surface area contributed by atoms with E-state index in [0.717, 1.165) is 0 Å². The van der Waals surface area contributed by atoms with Gasteiger partial charge in [-0.1, -0.05) is 30.4 Å². The van der Waals surface area contributed by atoms with Crippen LogP contribution < -0.4 is 10.2 Å². The van der Waals surface area contributed by atoms with Crippen LogP contribution in [0.4, 0.5) is 0 Å². The summed E-state index contributed by atoms with van der Waals surface area (Å²) >= 11 is 0. The van der Waals surface area contributed by atoms with Crippen LogP contribution >= 0.6 is 0 Å². The molecule has 0 aliphatic heterocycles. The van der Waals surface area contributed by atoms with E-state index in [2.05, 4.69) is 5.10 Å². The van der Waals surface area contributed by atoms with E-state index >= 15 is 0 Å². The molecular formula is C15H14N2O3. The molecule has 0 atom stereocenters. The zero-order chi connectivity index (χ0) is 14.5. The van der Waals surface area contributed by atoms with Crippen LogP contribution in [-0.2, 0) is 0 Å². The van der Waals surface area contributed by atoms with Gasteiger partial charge in [-0.15, -0.1) is 0 Å². The lowest BCUT2D eigenvalue weighted by Crippen LogP contribution is -2.21. The number of ether oxygens (including phenoxy) is 1. The van der Waals surface area contributed by atoms with E-state index < -0.39 is 11.2 Å². The largest absolute Gasteiger partial charge is 0.491 e. The molecule has 5 heteroatoms. The highest BCUT2D eigenvalue weighted by molar-refractivity contribution is 5.92. The molecule has 1 aromatic rings. The minimum absolute atomic E-state index is 0.0843. The predicted molar refractivity (Wildman–Crippen MR) is 76.7 cm³/mol. The summed E-state index contributed by atoms with van der Waals surface area (Å²) in [6, 6.07) is 0. The molecule has 0 aromatic carbocycles. The Morgan fingerprint density at radius 2 is 1.90 bits per heavy atom. The Morgan fingerprint density at radius 3 is 2.60 bits per heavy atom. The first kappa shape index (κ1) is 13.7. The van der Waals surface area contributed by atoms with E-state index in [-0.39, 0.29) is 11.4 Å². The van der Waals surface area contributed by atoms with Gasteiger partial charge in [0, 0.05) is 6.92 Å². The number of allylic oxidation sites excluding steroid dienone is 8. The Labute approximate surface area is 116 Å². The fraction of sp³-hybridized carbons (Fsp3) is 0.133. The standard InChI is InChI=1S/C15H14N2O3/c1-11(18)14-15(19)13(20-2)10-17(16-14)12-8-6-4-3-5-7-9-12/h3-10H,1-2H3/b4-3-,5-3?,6-4?,7-5-,8-6-,9-7?,12-8?,12-9+. The average Bonchev–Trinajstić information content (AvgIpc) is 2.38. The van der Waals surface area contributed by atoms with Gasteiger partial charge in [0.05, 0.1) is 19.0 Å². The van der Waals surface area contributed by atoms with Gasteiger partial charge in [0.15, 0.2) is 17.2 Å². The quantitative estimate of drug-likeness (QED) is 0.788. The third kappa shape index (κ3) is 2.83. The summed E-state index contributed by atoms with van der Waals surface area (Å²) in [5.41, 5.74) is 0.0775. The highest BCUT2D eigenvalue weighted by Crippen LogP contribution is 2.11. The SMILES string of the molecule is COc1cn(C2=C/C=C\C=C/C=C\2)nc(C(C)=O)c1=O. The Balaban J connectivity index is 2.60. The highest BCUT2D eigenvalue weighted by Gasteiger charge is 2.14. The van der Waals surface area contributed by atoms with Crippen molar-refractivity contribution in [3.8, 4) is 5.75 Å². The maximum atomic E-state index is 11.9. The Morgan fingerprint density at radius 1 is 1.20 bits per heavy atom. The van der Waals surface area contributed by atoms with E-state index in [4.69, 9.17) is 4.74 Å². The molecule has 102 valence electrons. The molecule has 0 spiro atoms. The van der Waals surface area contributed by atoms with E-state index in [1.165, 1.54) is 24.9 Å². The van der Waals surface area contributed by atoms with E-state index in [1.807, 2.05) is 42.5 Å².